The topological polar surface area (TPSA) is 82.7 Å². The van der Waals surface area contributed by atoms with Gasteiger partial charge in [-0.1, -0.05) is 44.4 Å². The number of hydrogen-bond donors (Lipinski definition) is 3. The maximum atomic E-state index is 11.9. The number of likely N-dealkylation sites (tertiary alicyclic amines) is 1. The van der Waals surface area contributed by atoms with E-state index in [1.54, 1.807) is 0 Å². The predicted octanol–water partition coefficient (Wildman–Crippen LogP) is 4.36. The lowest BCUT2D eigenvalue weighted by atomic mass is 10.0. The standard InChI is InChI=1S/C23H38N4O3/c1-2-3-18-30-23(29)25-19-21-14-8-11-17-27(21)16-10-5-9-15-24-22(28)26-20-12-6-4-7-13-20/h4,6-7,12-13,21H,2-3,5,8-11,14-19H2,1H3,(H,25,29)(H2,24,26,28). The number of hydrogen-bond acceptors (Lipinski definition) is 4. The van der Waals surface area contributed by atoms with Crippen LogP contribution in [0.2, 0.25) is 0 Å². The lowest BCUT2D eigenvalue weighted by molar-refractivity contribution is 0.123. The zero-order valence-electron chi connectivity index (χ0n) is 18.3. The van der Waals surface area contributed by atoms with Crippen LogP contribution in [0.1, 0.15) is 58.3 Å². The van der Waals surface area contributed by atoms with Gasteiger partial charge < -0.3 is 20.7 Å². The fourth-order valence-corrected chi connectivity index (χ4v) is 3.66. The summed E-state index contributed by atoms with van der Waals surface area (Å²) in [5.74, 6) is 0. The molecular formula is C23H38N4O3. The van der Waals surface area contributed by atoms with Crippen molar-refractivity contribution in [3.05, 3.63) is 30.3 Å². The molecular weight excluding hydrogens is 380 g/mol. The van der Waals surface area contributed by atoms with Gasteiger partial charge in [0.1, 0.15) is 0 Å². The van der Waals surface area contributed by atoms with Crippen molar-refractivity contribution in [2.24, 2.45) is 0 Å². The van der Waals surface area contributed by atoms with Crippen molar-refractivity contribution in [2.75, 3.05) is 38.1 Å². The van der Waals surface area contributed by atoms with Crippen LogP contribution in [0.4, 0.5) is 15.3 Å². The normalized spacial score (nSPS) is 16.6. The Morgan fingerprint density at radius 1 is 1.07 bits per heavy atom. The van der Waals surface area contributed by atoms with Crippen molar-refractivity contribution >= 4 is 17.8 Å². The Balaban J connectivity index is 1.55. The van der Waals surface area contributed by atoms with Crippen molar-refractivity contribution in [3.8, 4) is 0 Å². The first-order chi connectivity index (χ1) is 14.7. The molecule has 1 heterocycles. The highest BCUT2D eigenvalue weighted by atomic mass is 16.5. The summed E-state index contributed by atoms with van der Waals surface area (Å²) in [4.78, 5) is 26.1. The molecule has 3 N–H and O–H groups in total. The summed E-state index contributed by atoms with van der Waals surface area (Å²) in [6.45, 7) is 6.03. The van der Waals surface area contributed by atoms with Gasteiger partial charge in [-0.2, -0.15) is 0 Å². The van der Waals surface area contributed by atoms with Gasteiger partial charge in [-0.05, 0) is 57.3 Å². The smallest absolute Gasteiger partial charge is 0.407 e. The Hall–Kier alpha value is -2.28. The number of rotatable bonds is 12. The highest BCUT2D eigenvalue weighted by molar-refractivity contribution is 5.89. The van der Waals surface area contributed by atoms with Crippen LogP contribution in [0, 0.1) is 0 Å². The van der Waals surface area contributed by atoms with Crippen LogP contribution in [0.3, 0.4) is 0 Å². The molecule has 7 nitrogen and oxygen atoms in total. The van der Waals surface area contributed by atoms with Crippen LogP contribution in [-0.2, 0) is 4.74 Å². The van der Waals surface area contributed by atoms with Crippen LogP contribution >= 0.6 is 0 Å². The molecule has 7 heteroatoms. The minimum Gasteiger partial charge on any atom is -0.450 e. The van der Waals surface area contributed by atoms with Crippen LogP contribution < -0.4 is 16.0 Å². The Morgan fingerprint density at radius 2 is 1.90 bits per heavy atom. The molecule has 1 saturated heterocycles. The number of nitrogens with one attached hydrogen (secondary N) is 3. The summed E-state index contributed by atoms with van der Waals surface area (Å²) >= 11 is 0. The van der Waals surface area contributed by atoms with E-state index >= 15 is 0 Å². The van der Waals surface area contributed by atoms with Crippen molar-refractivity contribution in [3.63, 3.8) is 0 Å². The van der Waals surface area contributed by atoms with E-state index in [0.717, 1.165) is 57.3 Å². The van der Waals surface area contributed by atoms with Crippen molar-refractivity contribution in [2.45, 2.75) is 64.3 Å². The van der Waals surface area contributed by atoms with E-state index in [0.29, 0.717) is 25.7 Å². The molecule has 1 fully saturated rings. The molecule has 1 aromatic rings. The first-order valence-corrected chi connectivity index (χ1v) is 11.4. The van der Waals surface area contributed by atoms with Crippen molar-refractivity contribution in [1.29, 1.82) is 0 Å². The van der Waals surface area contributed by atoms with E-state index in [9.17, 15) is 9.59 Å². The third kappa shape index (κ3) is 9.96. The van der Waals surface area contributed by atoms with Gasteiger partial charge in [0.05, 0.1) is 6.61 Å². The maximum absolute atomic E-state index is 11.9. The van der Waals surface area contributed by atoms with Gasteiger partial charge in [0.2, 0.25) is 0 Å². The fourth-order valence-electron chi connectivity index (χ4n) is 3.66. The van der Waals surface area contributed by atoms with Gasteiger partial charge in [-0.25, -0.2) is 9.59 Å². The fraction of sp³-hybridized carbons (Fsp3) is 0.652. The van der Waals surface area contributed by atoms with Gasteiger partial charge in [0, 0.05) is 24.8 Å². The quantitative estimate of drug-likeness (QED) is 0.441. The number of amides is 3. The Morgan fingerprint density at radius 3 is 2.70 bits per heavy atom. The van der Waals surface area contributed by atoms with E-state index in [1.165, 1.54) is 12.8 Å². The summed E-state index contributed by atoms with van der Waals surface area (Å²) in [6, 6.07) is 9.69. The second-order valence-corrected chi connectivity index (χ2v) is 7.86. The number of benzene rings is 1. The zero-order chi connectivity index (χ0) is 21.4. The third-order valence-corrected chi connectivity index (χ3v) is 5.40. The second kappa shape index (κ2) is 14.7. The summed E-state index contributed by atoms with van der Waals surface area (Å²) in [6.07, 6.45) is 8.32. The van der Waals surface area contributed by atoms with E-state index in [1.807, 2.05) is 30.3 Å². The number of piperidine rings is 1. The summed E-state index contributed by atoms with van der Waals surface area (Å²) in [5, 5.41) is 8.66. The van der Waals surface area contributed by atoms with Gasteiger partial charge in [0.25, 0.3) is 0 Å². The molecule has 1 aliphatic heterocycles. The minimum atomic E-state index is -0.297. The summed E-state index contributed by atoms with van der Waals surface area (Å²) in [5.41, 5.74) is 0.800. The van der Waals surface area contributed by atoms with Gasteiger partial charge in [0.15, 0.2) is 0 Å². The Kier molecular flexibility index (Phi) is 11.7. The molecule has 168 valence electrons. The molecule has 1 atom stereocenters. The average Bonchev–Trinajstić information content (AvgIpc) is 2.76. The van der Waals surface area contributed by atoms with E-state index < -0.39 is 0 Å². The number of para-hydroxylation sites is 1. The SMILES string of the molecule is CCCCOC(=O)NCC1CCCCN1CCCCCNC(=O)Nc1ccccc1. The molecule has 0 spiro atoms. The number of nitrogens with zero attached hydrogens (tertiary/aromatic N) is 1. The Bertz CT molecular complexity index is 612. The monoisotopic (exact) mass is 418 g/mol. The second-order valence-electron chi connectivity index (χ2n) is 7.86. The molecule has 0 bridgehead atoms. The molecule has 0 aromatic heterocycles. The molecule has 30 heavy (non-hydrogen) atoms. The molecule has 1 unspecified atom stereocenters. The van der Waals surface area contributed by atoms with E-state index in [-0.39, 0.29) is 12.1 Å². The van der Waals surface area contributed by atoms with Crippen molar-refractivity contribution in [1.82, 2.24) is 15.5 Å². The molecule has 0 radical (unpaired) electrons. The number of carbonyl (C=O) groups is 2. The van der Waals surface area contributed by atoms with Crippen LogP contribution in [0.25, 0.3) is 0 Å². The third-order valence-electron chi connectivity index (χ3n) is 5.40. The van der Waals surface area contributed by atoms with Crippen molar-refractivity contribution < 1.29 is 14.3 Å². The zero-order valence-corrected chi connectivity index (χ0v) is 18.3. The highest BCUT2D eigenvalue weighted by Crippen LogP contribution is 2.17. The minimum absolute atomic E-state index is 0.158. The number of unbranched alkanes of at least 4 members (excludes halogenated alkanes) is 3. The molecule has 1 aliphatic rings. The van der Waals surface area contributed by atoms with Crippen LogP contribution in [0.5, 0.6) is 0 Å². The van der Waals surface area contributed by atoms with Gasteiger partial charge in [-0.15, -0.1) is 0 Å². The number of carbonyl (C=O) groups excluding carboxylic acids is 2. The van der Waals surface area contributed by atoms with E-state index in [4.69, 9.17) is 4.74 Å². The van der Waals surface area contributed by atoms with Crippen LogP contribution in [0.15, 0.2) is 30.3 Å². The number of anilines is 1. The lowest BCUT2D eigenvalue weighted by Crippen LogP contribution is -2.47. The average molecular weight is 419 g/mol. The first-order valence-electron chi connectivity index (χ1n) is 11.4. The lowest BCUT2D eigenvalue weighted by Gasteiger charge is -2.35. The molecule has 1 aromatic carbocycles. The number of ether oxygens (including phenoxy) is 1. The molecule has 3 amide bonds. The number of alkyl carbamates (subject to hydrolysis) is 1. The molecule has 0 saturated carbocycles. The van der Waals surface area contributed by atoms with Crippen LogP contribution in [-0.4, -0.2) is 55.9 Å². The van der Waals surface area contributed by atoms with E-state index in [2.05, 4.69) is 27.8 Å². The molecule has 2 rings (SSSR count). The first kappa shape index (κ1) is 24.0. The highest BCUT2D eigenvalue weighted by Gasteiger charge is 2.22. The predicted molar refractivity (Wildman–Crippen MR) is 121 cm³/mol. The summed E-state index contributed by atoms with van der Waals surface area (Å²) < 4.78 is 5.18. The van der Waals surface area contributed by atoms with Gasteiger partial charge in [-0.3, -0.25) is 4.90 Å². The van der Waals surface area contributed by atoms with Gasteiger partial charge >= 0.3 is 12.1 Å². The maximum Gasteiger partial charge on any atom is 0.407 e. The number of urea groups is 1. The Labute approximate surface area is 180 Å². The summed E-state index contributed by atoms with van der Waals surface area (Å²) in [7, 11) is 0. The molecule has 0 aliphatic carbocycles. The largest absolute Gasteiger partial charge is 0.450 e.